The van der Waals surface area contributed by atoms with Crippen LogP contribution < -0.4 is 10.6 Å². The lowest BCUT2D eigenvalue weighted by molar-refractivity contribution is -0.137. The summed E-state index contributed by atoms with van der Waals surface area (Å²) in [6.45, 7) is 1.99. The van der Waals surface area contributed by atoms with Crippen LogP contribution in [-0.2, 0) is 9.59 Å². The van der Waals surface area contributed by atoms with Crippen molar-refractivity contribution in [2.24, 2.45) is 0 Å². The van der Waals surface area contributed by atoms with Gasteiger partial charge < -0.3 is 20.6 Å². The van der Waals surface area contributed by atoms with Gasteiger partial charge in [-0.2, -0.15) is 0 Å². The van der Waals surface area contributed by atoms with Crippen molar-refractivity contribution in [2.45, 2.75) is 32.1 Å². The van der Waals surface area contributed by atoms with Crippen LogP contribution >= 0.6 is 0 Å². The van der Waals surface area contributed by atoms with E-state index in [0.717, 1.165) is 12.8 Å². The van der Waals surface area contributed by atoms with Gasteiger partial charge >= 0.3 is 12.0 Å². The maximum atomic E-state index is 11.8. The molecule has 0 unspecified atom stereocenters. The number of hydrogen-bond donors (Lipinski definition) is 3. The molecule has 1 aliphatic rings. The van der Waals surface area contributed by atoms with Crippen LogP contribution in [-0.4, -0.2) is 54.1 Å². The summed E-state index contributed by atoms with van der Waals surface area (Å²) in [5.74, 6) is -0.810. The third-order valence-electron chi connectivity index (χ3n) is 2.94. The van der Waals surface area contributed by atoms with Crippen LogP contribution in [0, 0.1) is 0 Å². The van der Waals surface area contributed by atoms with Crippen LogP contribution in [0.4, 0.5) is 4.79 Å². The predicted octanol–water partition coefficient (Wildman–Crippen LogP) is 0.163. The number of carboxylic acid groups (broad SMARTS) is 1. The molecule has 0 bridgehead atoms. The summed E-state index contributed by atoms with van der Waals surface area (Å²) in [6, 6.07) is -0.158. The fourth-order valence-electron chi connectivity index (χ4n) is 1.86. The highest BCUT2D eigenvalue weighted by molar-refractivity contribution is 5.79. The molecular formula is C12H21N3O4. The zero-order valence-corrected chi connectivity index (χ0v) is 11.0. The van der Waals surface area contributed by atoms with Gasteiger partial charge in [0.1, 0.15) is 0 Å². The van der Waals surface area contributed by atoms with E-state index in [4.69, 9.17) is 5.11 Å². The summed E-state index contributed by atoms with van der Waals surface area (Å²) in [5, 5.41) is 14.0. The highest BCUT2D eigenvalue weighted by atomic mass is 16.4. The SMILES string of the molecule is O=C(O)CCCCCNC(=O)N1CCNC(=O)CC1. The number of carbonyl (C=O) groups is 3. The van der Waals surface area contributed by atoms with Crippen molar-refractivity contribution < 1.29 is 19.5 Å². The molecule has 0 atom stereocenters. The van der Waals surface area contributed by atoms with Gasteiger partial charge in [-0.1, -0.05) is 6.42 Å². The first-order valence-corrected chi connectivity index (χ1v) is 6.61. The highest BCUT2D eigenvalue weighted by Gasteiger charge is 2.17. The van der Waals surface area contributed by atoms with Gasteiger partial charge in [0.25, 0.3) is 0 Å². The monoisotopic (exact) mass is 271 g/mol. The second-order valence-corrected chi connectivity index (χ2v) is 4.52. The van der Waals surface area contributed by atoms with Crippen molar-refractivity contribution in [1.29, 1.82) is 0 Å². The molecule has 1 rings (SSSR count). The average molecular weight is 271 g/mol. The van der Waals surface area contributed by atoms with Gasteiger partial charge in [0.2, 0.25) is 5.91 Å². The number of nitrogens with zero attached hydrogens (tertiary/aromatic N) is 1. The number of urea groups is 1. The molecule has 19 heavy (non-hydrogen) atoms. The second-order valence-electron chi connectivity index (χ2n) is 4.52. The summed E-state index contributed by atoms with van der Waals surface area (Å²) in [4.78, 5) is 34.8. The van der Waals surface area contributed by atoms with Gasteiger partial charge in [0.15, 0.2) is 0 Å². The zero-order valence-electron chi connectivity index (χ0n) is 11.0. The van der Waals surface area contributed by atoms with E-state index in [-0.39, 0.29) is 18.4 Å². The fraction of sp³-hybridized carbons (Fsp3) is 0.750. The number of amides is 3. The minimum absolute atomic E-state index is 0.0241. The zero-order chi connectivity index (χ0) is 14.1. The molecule has 0 saturated carbocycles. The van der Waals surface area contributed by atoms with E-state index in [1.54, 1.807) is 4.90 Å². The maximum Gasteiger partial charge on any atom is 0.317 e. The first-order valence-electron chi connectivity index (χ1n) is 6.61. The molecule has 0 radical (unpaired) electrons. The molecule has 1 heterocycles. The Morgan fingerprint density at radius 2 is 2.05 bits per heavy atom. The lowest BCUT2D eigenvalue weighted by Crippen LogP contribution is -2.42. The number of rotatable bonds is 6. The standard InChI is InChI=1S/C12H21N3O4/c16-10-5-8-15(9-7-13-10)12(19)14-6-3-1-2-4-11(17)18/h1-9H2,(H,13,16)(H,14,19)(H,17,18). The van der Waals surface area contributed by atoms with Gasteiger partial charge in [0.05, 0.1) is 0 Å². The molecule has 3 N–H and O–H groups in total. The molecule has 0 aliphatic carbocycles. The lowest BCUT2D eigenvalue weighted by Gasteiger charge is -2.19. The molecule has 7 heteroatoms. The van der Waals surface area contributed by atoms with Crippen molar-refractivity contribution >= 4 is 17.9 Å². The van der Waals surface area contributed by atoms with Crippen LogP contribution in [0.25, 0.3) is 0 Å². The van der Waals surface area contributed by atoms with E-state index in [9.17, 15) is 14.4 Å². The van der Waals surface area contributed by atoms with E-state index < -0.39 is 5.97 Å². The Balaban J connectivity index is 2.10. The Hall–Kier alpha value is -1.79. The van der Waals surface area contributed by atoms with Gasteiger partial charge in [-0.3, -0.25) is 9.59 Å². The van der Waals surface area contributed by atoms with Crippen LogP contribution in [0.3, 0.4) is 0 Å². The summed E-state index contributed by atoms with van der Waals surface area (Å²) < 4.78 is 0. The molecule has 0 aromatic rings. The van der Waals surface area contributed by atoms with Gasteiger partial charge in [-0.25, -0.2) is 4.79 Å². The third kappa shape index (κ3) is 6.64. The van der Waals surface area contributed by atoms with Crippen molar-refractivity contribution in [3.63, 3.8) is 0 Å². The molecule has 7 nitrogen and oxygen atoms in total. The molecule has 1 saturated heterocycles. The Bertz CT molecular complexity index is 333. The molecule has 108 valence electrons. The molecular weight excluding hydrogens is 250 g/mol. The minimum Gasteiger partial charge on any atom is -0.481 e. The second kappa shape index (κ2) is 8.34. The van der Waals surface area contributed by atoms with Crippen molar-refractivity contribution in [3.8, 4) is 0 Å². The molecule has 1 aliphatic heterocycles. The Labute approximate surface area is 112 Å². The normalized spacial score (nSPS) is 15.6. The van der Waals surface area contributed by atoms with Crippen molar-refractivity contribution in [3.05, 3.63) is 0 Å². The van der Waals surface area contributed by atoms with E-state index in [1.165, 1.54) is 0 Å². The Morgan fingerprint density at radius 1 is 1.26 bits per heavy atom. The number of nitrogens with one attached hydrogen (secondary N) is 2. The van der Waals surface area contributed by atoms with Crippen molar-refractivity contribution in [1.82, 2.24) is 15.5 Å². The predicted molar refractivity (Wildman–Crippen MR) is 68.7 cm³/mol. The van der Waals surface area contributed by atoms with Crippen LogP contribution in [0.2, 0.25) is 0 Å². The first kappa shape index (κ1) is 15.3. The molecule has 0 aromatic heterocycles. The molecule has 0 spiro atoms. The van der Waals surface area contributed by atoms with E-state index in [2.05, 4.69) is 10.6 Å². The lowest BCUT2D eigenvalue weighted by atomic mass is 10.2. The summed E-state index contributed by atoms with van der Waals surface area (Å²) in [6.07, 6.45) is 2.70. The van der Waals surface area contributed by atoms with Crippen LogP contribution in [0.15, 0.2) is 0 Å². The van der Waals surface area contributed by atoms with Gasteiger partial charge in [-0.05, 0) is 12.8 Å². The largest absolute Gasteiger partial charge is 0.481 e. The van der Waals surface area contributed by atoms with E-state index >= 15 is 0 Å². The summed E-state index contributed by atoms with van der Waals surface area (Å²) >= 11 is 0. The molecule has 3 amide bonds. The first-order chi connectivity index (χ1) is 9.09. The molecule has 1 fully saturated rings. The smallest absolute Gasteiger partial charge is 0.317 e. The average Bonchev–Trinajstić information content (AvgIpc) is 2.58. The summed E-state index contributed by atoms with van der Waals surface area (Å²) in [7, 11) is 0. The number of aliphatic carboxylic acids is 1. The minimum atomic E-state index is -0.786. The number of hydrogen-bond acceptors (Lipinski definition) is 3. The topological polar surface area (TPSA) is 98.7 Å². The highest BCUT2D eigenvalue weighted by Crippen LogP contribution is 2.00. The fourth-order valence-corrected chi connectivity index (χ4v) is 1.86. The number of unbranched alkanes of at least 4 members (excludes halogenated alkanes) is 2. The number of carboxylic acids is 1. The Kier molecular flexibility index (Phi) is 6.70. The van der Waals surface area contributed by atoms with Crippen molar-refractivity contribution in [2.75, 3.05) is 26.2 Å². The van der Waals surface area contributed by atoms with Crippen LogP contribution in [0.1, 0.15) is 32.1 Å². The number of carbonyl (C=O) groups excluding carboxylic acids is 2. The van der Waals surface area contributed by atoms with Gasteiger partial charge in [0, 0.05) is 39.0 Å². The third-order valence-corrected chi connectivity index (χ3v) is 2.94. The Morgan fingerprint density at radius 3 is 2.79 bits per heavy atom. The quantitative estimate of drug-likeness (QED) is 0.599. The van der Waals surface area contributed by atoms with E-state index in [0.29, 0.717) is 39.0 Å². The van der Waals surface area contributed by atoms with Gasteiger partial charge in [-0.15, -0.1) is 0 Å². The van der Waals surface area contributed by atoms with E-state index in [1.807, 2.05) is 0 Å². The maximum absolute atomic E-state index is 11.8. The van der Waals surface area contributed by atoms with Crippen LogP contribution in [0.5, 0.6) is 0 Å². The molecule has 0 aromatic carbocycles. The summed E-state index contributed by atoms with van der Waals surface area (Å²) in [5.41, 5.74) is 0.